The number of nitrogens with two attached hydrogens (primary N) is 1. The number of carbonyl (C=O) groups excluding carboxylic acids is 1. The number of carbonyl (C=O) groups is 1. The number of methoxy groups -OCH3 is 1. The SMILES string of the molecule is CCS(=O)(=O)CCNc1nccc(C(=O)OC)c1N. The molecule has 0 unspecified atom stereocenters. The third-order valence-electron chi connectivity index (χ3n) is 2.54. The number of aromatic nitrogens is 1. The Morgan fingerprint density at radius 2 is 2.21 bits per heavy atom. The first-order valence-electron chi connectivity index (χ1n) is 5.68. The van der Waals surface area contributed by atoms with E-state index in [2.05, 4.69) is 15.0 Å². The Morgan fingerprint density at radius 3 is 2.79 bits per heavy atom. The van der Waals surface area contributed by atoms with Gasteiger partial charge in [0, 0.05) is 18.5 Å². The minimum atomic E-state index is -3.06. The zero-order chi connectivity index (χ0) is 14.5. The molecule has 1 rings (SSSR count). The van der Waals surface area contributed by atoms with Crippen LogP contribution in [0.25, 0.3) is 0 Å². The number of rotatable bonds is 6. The number of nitrogen functional groups attached to an aromatic ring is 1. The fourth-order valence-electron chi connectivity index (χ4n) is 1.37. The van der Waals surface area contributed by atoms with Gasteiger partial charge in [0.25, 0.3) is 0 Å². The highest BCUT2D eigenvalue weighted by atomic mass is 32.2. The van der Waals surface area contributed by atoms with Gasteiger partial charge >= 0.3 is 5.97 Å². The predicted octanol–water partition coefficient (Wildman–Crippen LogP) is 0.297. The normalized spacial score (nSPS) is 11.1. The lowest BCUT2D eigenvalue weighted by Crippen LogP contribution is -2.19. The molecule has 19 heavy (non-hydrogen) atoms. The van der Waals surface area contributed by atoms with Crippen LogP contribution < -0.4 is 11.1 Å². The molecule has 0 spiro atoms. The summed E-state index contributed by atoms with van der Waals surface area (Å²) in [5.41, 5.74) is 6.10. The van der Waals surface area contributed by atoms with Gasteiger partial charge < -0.3 is 15.8 Å². The fraction of sp³-hybridized carbons (Fsp3) is 0.455. The average molecular weight is 287 g/mol. The molecule has 7 nitrogen and oxygen atoms in total. The van der Waals surface area contributed by atoms with Crippen molar-refractivity contribution in [2.75, 3.05) is 36.2 Å². The number of anilines is 2. The van der Waals surface area contributed by atoms with E-state index in [9.17, 15) is 13.2 Å². The first kappa shape index (κ1) is 15.2. The van der Waals surface area contributed by atoms with E-state index in [1.54, 1.807) is 6.92 Å². The second-order valence-electron chi connectivity index (χ2n) is 3.78. The summed E-state index contributed by atoms with van der Waals surface area (Å²) in [6.45, 7) is 1.76. The predicted molar refractivity (Wildman–Crippen MR) is 72.8 cm³/mol. The number of nitrogens with one attached hydrogen (secondary N) is 1. The van der Waals surface area contributed by atoms with Gasteiger partial charge in [-0.2, -0.15) is 0 Å². The number of ether oxygens (including phenoxy) is 1. The second-order valence-corrected chi connectivity index (χ2v) is 6.25. The van der Waals surface area contributed by atoms with Gasteiger partial charge in [-0.3, -0.25) is 0 Å². The molecule has 0 amide bonds. The molecule has 0 saturated carbocycles. The number of pyridine rings is 1. The molecular formula is C11H17N3O4S. The lowest BCUT2D eigenvalue weighted by atomic mass is 10.2. The topological polar surface area (TPSA) is 111 Å². The van der Waals surface area contributed by atoms with Crippen LogP contribution in [0.3, 0.4) is 0 Å². The number of hydrogen-bond donors (Lipinski definition) is 2. The van der Waals surface area contributed by atoms with Crippen LogP contribution in [0.2, 0.25) is 0 Å². The van der Waals surface area contributed by atoms with Gasteiger partial charge in [-0.05, 0) is 6.07 Å². The lowest BCUT2D eigenvalue weighted by Gasteiger charge is -2.10. The van der Waals surface area contributed by atoms with Gasteiger partial charge in [0.1, 0.15) is 5.82 Å². The fourth-order valence-corrected chi connectivity index (χ4v) is 2.07. The molecule has 0 radical (unpaired) electrons. The van der Waals surface area contributed by atoms with Crippen molar-refractivity contribution in [3.63, 3.8) is 0 Å². The minimum Gasteiger partial charge on any atom is -0.465 e. The first-order chi connectivity index (χ1) is 8.91. The smallest absolute Gasteiger partial charge is 0.340 e. The van der Waals surface area contributed by atoms with Crippen LogP contribution in [0.4, 0.5) is 11.5 Å². The number of nitrogens with zero attached hydrogens (tertiary/aromatic N) is 1. The van der Waals surface area contributed by atoms with E-state index in [1.807, 2.05) is 0 Å². The molecule has 1 aromatic rings. The van der Waals surface area contributed by atoms with E-state index in [0.717, 1.165) is 0 Å². The molecule has 8 heteroatoms. The molecule has 0 aromatic carbocycles. The maximum atomic E-state index is 11.4. The Bertz CT molecular complexity index is 557. The summed E-state index contributed by atoms with van der Waals surface area (Å²) in [5, 5.41) is 2.80. The molecule has 0 saturated heterocycles. The third kappa shape index (κ3) is 4.09. The van der Waals surface area contributed by atoms with E-state index >= 15 is 0 Å². The van der Waals surface area contributed by atoms with Crippen LogP contribution in [0.1, 0.15) is 17.3 Å². The van der Waals surface area contributed by atoms with Crippen LogP contribution >= 0.6 is 0 Å². The van der Waals surface area contributed by atoms with Crippen LogP contribution in [0.5, 0.6) is 0 Å². The monoisotopic (exact) mass is 287 g/mol. The number of hydrogen-bond acceptors (Lipinski definition) is 7. The minimum absolute atomic E-state index is 0.0208. The van der Waals surface area contributed by atoms with Gasteiger partial charge in [-0.25, -0.2) is 18.2 Å². The quantitative estimate of drug-likeness (QED) is 0.723. The molecule has 0 aliphatic heterocycles. The second kappa shape index (κ2) is 6.37. The molecule has 1 heterocycles. The highest BCUT2D eigenvalue weighted by Gasteiger charge is 2.14. The Hall–Kier alpha value is -1.83. The molecule has 0 bridgehead atoms. The van der Waals surface area contributed by atoms with Crippen molar-refractivity contribution >= 4 is 27.3 Å². The summed E-state index contributed by atoms with van der Waals surface area (Å²) in [7, 11) is -1.80. The van der Waals surface area contributed by atoms with Gasteiger partial charge in [-0.1, -0.05) is 6.92 Å². The van der Waals surface area contributed by atoms with Crippen LogP contribution in [-0.4, -0.2) is 44.5 Å². The molecule has 0 aliphatic rings. The Labute approximate surface area is 112 Å². The van der Waals surface area contributed by atoms with Crippen molar-refractivity contribution in [2.24, 2.45) is 0 Å². The maximum absolute atomic E-state index is 11.4. The number of esters is 1. The molecule has 0 fully saturated rings. The molecule has 106 valence electrons. The van der Waals surface area contributed by atoms with Crippen molar-refractivity contribution in [1.29, 1.82) is 0 Å². The van der Waals surface area contributed by atoms with Crippen molar-refractivity contribution < 1.29 is 17.9 Å². The van der Waals surface area contributed by atoms with E-state index in [-0.39, 0.29) is 35.1 Å². The lowest BCUT2D eigenvalue weighted by molar-refractivity contribution is 0.0602. The van der Waals surface area contributed by atoms with Crippen molar-refractivity contribution in [2.45, 2.75) is 6.92 Å². The Morgan fingerprint density at radius 1 is 1.53 bits per heavy atom. The highest BCUT2D eigenvalue weighted by Crippen LogP contribution is 2.20. The van der Waals surface area contributed by atoms with E-state index in [1.165, 1.54) is 19.4 Å². The zero-order valence-corrected chi connectivity index (χ0v) is 11.7. The van der Waals surface area contributed by atoms with Gasteiger partial charge in [-0.15, -0.1) is 0 Å². The summed E-state index contributed by atoms with van der Waals surface area (Å²) >= 11 is 0. The Balaban J connectivity index is 2.78. The van der Waals surface area contributed by atoms with Gasteiger partial charge in [0.05, 0.1) is 24.1 Å². The highest BCUT2D eigenvalue weighted by molar-refractivity contribution is 7.91. The van der Waals surface area contributed by atoms with Gasteiger partial charge in [0.15, 0.2) is 9.84 Å². The zero-order valence-electron chi connectivity index (χ0n) is 10.8. The molecular weight excluding hydrogens is 270 g/mol. The molecule has 1 aromatic heterocycles. The maximum Gasteiger partial charge on any atom is 0.340 e. The van der Waals surface area contributed by atoms with Gasteiger partial charge in [0.2, 0.25) is 0 Å². The molecule has 0 atom stereocenters. The first-order valence-corrected chi connectivity index (χ1v) is 7.50. The average Bonchev–Trinajstić information content (AvgIpc) is 2.40. The van der Waals surface area contributed by atoms with Crippen LogP contribution in [-0.2, 0) is 14.6 Å². The molecule has 0 aliphatic carbocycles. The number of sulfone groups is 1. The third-order valence-corrected chi connectivity index (χ3v) is 4.25. The largest absolute Gasteiger partial charge is 0.465 e. The summed E-state index contributed by atoms with van der Waals surface area (Å²) < 4.78 is 27.2. The van der Waals surface area contributed by atoms with E-state index in [4.69, 9.17) is 5.73 Å². The van der Waals surface area contributed by atoms with Crippen LogP contribution in [0, 0.1) is 0 Å². The summed E-state index contributed by atoms with van der Waals surface area (Å²) in [5.74, 6) is -0.231. The Kier molecular flexibility index (Phi) is 5.11. The van der Waals surface area contributed by atoms with Crippen LogP contribution in [0.15, 0.2) is 12.3 Å². The van der Waals surface area contributed by atoms with Crippen molar-refractivity contribution in [1.82, 2.24) is 4.98 Å². The van der Waals surface area contributed by atoms with E-state index in [0.29, 0.717) is 0 Å². The van der Waals surface area contributed by atoms with E-state index < -0.39 is 15.8 Å². The molecule has 3 N–H and O–H groups in total. The standard InChI is InChI=1S/C11H17N3O4S/c1-3-19(16,17)7-6-14-10-9(12)8(4-5-13-10)11(15)18-2/h4-5H,3,6-7,12H2,1-2H3,(H,13,14). The summed E-state index contributed by atoms with van der Waals surface area (Å²) in [6.07, 6.45) is 1.40. The van der Waals surface area contributed by atoms with Crippen molar-refractivity contribution in [3.8, 4) is 0 Å². The summed E-state index contributed by atoms with van der Waals surface area (Å²) in [4.78, 5) is 15.4. The summed E-state index contributed by atoms with van der Waals surface area (Å²) in [6, 6.07) is 1.44. The van der Waals surface area contributed by atoms with Crippen molar-refractivity contribution in [3.05, 3.63) is 17.8 Å².